The fourth-order valence-electron chi connectivity index (χ4n) is 1.45. The maximum atomic E-state index is 11.1. The van der Waals surface area contributed by atoms with E-state index in [4.69, 9.17) is 28.8 Å². The summed E-state index contributed by atoms with van der Waals surface area (Å²) in [5.41, 5.74) is 0. The van der Waals surface area contributed by atoms with Gasteiger partial charge in [0.1, 0.15) is 0 Å². The van der Waals surface area contributed by atoms with Gasteiger partial charge >= 0.3 is 5.97 Å². The number of ether oxygens (including phenoxy) is 3. The van der Waals surface area contributed by atoms with Gasteiger partial charge in [-0.3, -0.25) is 0 Å². The summed E-state index contributed by atoms with van der Waals surface area (Å²) >= 11 is 0. The van der Waals surface area contributed by atoms with Crippen molar-refractivity contribution in [2.75, 3.05) is 33.0 Å². The van der Waals surface area contributed by atoms with Crippen LogP contribution < -0.4 is 0 Å². The second kappa shape index (κ2) is 12.0. The van der Waals surface area contributed by atoms with Gasteiger partial charge in [-0.1, -0.05) is 6.08 Å². The molecule has 118 valence electrons. The number of hydrogen-bond donors (Lipinski definition) is 2. The minimum atomic E-state index is -1.29. The maximum absolute atomic E-state index is 11.1. The summed E-state index contributed by atoms with van der Waals surface area (Å²) in [7, 11) is 0.363. The van der Waals surface area contributed by atoms with Gasteiger partial charge in [-0.25, -0.2) is 4.79 Å². The Morgan fingerprint density at radius 3 is 2.25 bits per heavy atom. The van der Waals surface area contributed by atoms with Gasteiger partial charge in [-0.2, -0.15) is 0 Å². The molecule has 0 radical (unpaired) electrons. The molecule has 8 heteroatoms. The lowest BCUT2D eigenvalue weighted by atomic mass is 10.3. The van der Waals surface area contributed by atoms with Gasteiger partial charge in [0.15, 0.2) is 10.5 Å². The van der Waals surface area contributed by atoms with E-state index in [0.717, 1.165) is 0 Å². The van der Waals surface area contributed by atoms with E-state index in [0.29, 0.717) is 23.3 Å². The van der Waals surface area contributed by atoms with Crippen LogP contribution in [0.1, 0.15) is 19.8 Å². The standard InChI is InChI=1S/C12H24O7Si/c1-2-4-11(15)16-8-3-5-12(19-20,17-9-6-13)18-10-7-14/h2,4,13-14H,3,5-10H2,1,20H3. The molecule has 0 amide bonds. The molecule has 0 aliphatic carbocycles. The summed E-state index contributed by atoms with van der Waals surface area (Å²) in [4.78, 5) is 11.1. The van der Waals surface area contributed by atoms with Crippen molar-refractivity contribution in [1.29, 1.82) is 0 Å². The van der Waals surface area contributed by atoms with Gasteiger partial charge in [0, 0.05) is 12.5 Å². The molecule has 0 fully saturated rings. The molecule has 0 atom stereocenters. The van der Waals surface area contributed by atoms with Crippen LogP contribution in [0, 0.1) is 0 Å². The van der Waals surface area contributed by atoms with E-state index in [2.05, 4.69) is 0 Å². The fourth-order valence-corrected chi connectivity index (χ4v) is 1.89. The van der Waals surface area contributed by atoms with E-state index in [1.807, 2.05) is 0 Å². The number of esters is 1. The fraction of sp³-hybridized carbons (Fsp3) is 0.750. The Bertz CT molecular complexity index is 275. The first-order valence-electron chi connectivity index (χ1n) is 6.48. The van der Waals surface area contributed by atoms with E-state index < -0.39 is 11.9 Å². The second-order valence-corrected chi connectivity index (χ2v) is 4.21. The van der Waals surface area contributed by atoms with Crippen LogP contribution in [-0.4, -0.2) is 65.7 Å². The average Bonchev–Trinajstić information content (AvgIpc) is 2.46. The summed E-state index contributed by atoms with van der Waals surface area (Å²) in [6.07, 6.45) is 3.74. The van der Waals surface area contributed by atoms with E-state index in [1.54, 1.807) is 13.0 Å². The van der Waals surface area contributed by atoms with Gasteiger partial charge in [0.05, 0.1) is 33.0 Å². The van der Waals surface area contributed by atoms with Crippen molar-refractivity contribution < 1.29 is 33.6 Å². The molecule has 0 aliphatic heterocycles. The first-order chi connectivity index (χ1) is 9.64. The Morgan fingerprint density at radius 2 is 1.80 bits per heavy atom. The lowest BCUT2D eigenvalue weighted by Crippen LogP contribution is -2.40. The van der Waals surface area contributed by atoms with Crippen LogP contribution in [0.15, 0.2) is 12.2 Å². The van der Waals surface area contributed by atoms with Crippen LogP contribution in [0.2, 0.25) is 0 Å². The highest BCUT2D eigenvalue weighted by Crippen LogP contribution is 2.21. The van der Waals surface area contributed by atoms with Crippen molar-refractivity contribution in [3.63, 3.8) is 0 Å². The number of aliphatic hydroxyl groups excluding tert-OH is 2. The molecule has 0 aliphatic rings. The third-order valence-corrected chi connectivity index (χ3v) is 2.93. The molecule has 0 aromatic rings. The molecule has 0 bridgehead atoms. The van der Waals surface area contributed by atoms with Crippen LogP contribution in [0.25, 0.3) is 0 Å². The Kier molecular flexibility index (Phi) is 11.5. The summed E-state index contributed by atoms with van der Waals surface area (Å²) < 4.78 is 21.0. The highest BCUT2D eigenvalue weighted by Gasteiger charge is 2.31. The van der Waals surface area contributed by atoms with Crippen molar-refractivity contribution in [2.24, 2.45) is 0 Å². The number of carbonyl (C=O) groups is 1. The number of rotatable bonds is 12. The van der Waals surface area contributed by atoms with Crippen molar-refractivity contribution in [2.45, 2.75) is 25.7 Å². The quantitative estimate of drug-likeness (QED) is 0.155. The Hall–Kier alpha value is -0.773. The Labute approximate surface area is 122 Å². The number of allylic oxidation sites excluding steroid dienone is 1. The third-order valence-electron chi connectivity index (χ3n) is 2.31. The topological polar surface area (TPSA) is 94.5 Å². The smallest absolute Gasteiger partial charge is 0.330 e. The van der Waals surface area contributed by atoms with Crippen molar-refractivity contribution in [1.82, 2.24) is 0 Å². The van der Waals surface area contributed by atoms with Crippen molar-refractivity contribution in [3.05, 3.63) is 12.2 Å². The SMILES string of the molecule is CC=CC(=O)OCCCC(O[SiH3])(OCCO)OCCO. The molecule has 0 saturated heterocycles. The third kappa shape index (κ3) is 8.41. The van der Waals surface area contributed by atoms with Crippen molar-refractivity contribution in [3.8, 4) is 0 Å². The molecular formula is C12H24O7Si. The van der Waals surface area contributed by atoms with Crippen LogP contribution in [0.5, 0.6) is 0 Å². The lowest BCUT2D eigenvalue weighted by molar-refractivity contribution is -0.350. The predicted octanol–water partition coefficient (Wildman–Crippen LogP) is -1.15. The minimum absolute atomic E-state index is 0.0615. The van der Waals surface area contributed by atoms with E-state index >= 15 is 0 Å². The Morgan fingerprint density at radius 1 is 1.20 bits per heavy atom. The zero-order valence-electron chi connectivity index (χ0n) is 12.0. The molecule has 0 saturated carbocycles. The maximum Gasteiger partial charge on any atom is 0.330 e. The van der Waals surface area contributed by atoms with Crippen LogP contribution in [0.3, 0.4) is 0 Å². The molecule has 0 heterocycles. The molecule has 0 aromatic heterocycles. The molecule has 20 heavy (non-hydrogen) atoms. The summed E-state index contributed by atoms with van der Waals surface area (Å²) in [6.45, 7) is 1.74. The number of aliphatic hydroxyl groups is 2. The molecule has 2 N–H and O–H groups in total. The molecule has 0 unspecified atom stereocenters. The molecular weight excluding hydrogens is 284 g/mol. The summed E-state index contributed by atoms with van der Waals surface area (Å²) in [6, 6.07) is 0. The summed E-state index contributed by atoms with van der Waals surface area (Å²) in [5.74, 6) is -1.69. The highest BCUT2D eigenvalue weighted by atomic mass is 28.2. The Balaban J connectivity index is 4.22. The van der Waals surface area contributed by atoms with Crippen molar-refractivity contribution >= 4 is 16.5 Å². The predicted molar refractivity (Wildman–Crippen MR) is 74.8 cm³/mol. The van der Waals surface area contributed by atoms with Gasteiger partial charge in [0.2, 0.25) is 0 Å². The van der Waals surface area contributed by atoms with Crippen LogP contribution in [0.4, 0.5) is 0 Å². The summed E-state index contributed by atoms with van der Waals surface area (Å²) in [5, 5.41) is 17.6. The lowest BCUT2D eigenvalue weighted by Gasteiger charge is -2.32. The van der Waals surface area contributed by atoms with Gasteiger partial charge in [-0.15, -0.1) is 0 Å². The second-order valence-electron chi connectivity index (χ2n) is 3.80. The number of hydrogen-bond acceptors (Lipinski definition) is 7. The molecule has 0 aromatic carbocycles. The first kappa shape index (κ1) is 19.2. The molecule has 0 rings (SSSR count). The van der Waals surface area contributed by atoms with Gasteiger partial charge in [-0.05, 0) is 13.3 Å². The largest absolute Gasteiger partial charge is 0.463 e. The van der Waals surface area contributed by atoms with Crippen LogP contribution in [-0.2, 0) is 23.4 Å². The van der Waals surface area contributed by atoms with Gasteiger partial charge < -0.3 is 28.8 Å². The normalized spacial score (nSPS) is 12.2. The van der Waals surface area contributed by atoms with Gasteiger partial charge in [0.25, 0.3) is 5.97 Å². The minimum Gasteiger partial charge on any atom is -0.463 e. The molecule has 7 nitrogen and oxygen atoms in total. The van der Waals surface area contributed by atoms with E-state index in [-0.39, 0.29) is 33.0 Å². The van der Waals surface area contributed by atoms with E-state index in [1.165, 1.54) is 6.08 Å². The average molecular weight is 308 g/mol. The first-order valence-corrected chi connectivity index (χ1v) is 7.30. The zero-order chi connectivity index (χ0) is 15.3. The van der Waals surface area contributed by atoms with E-state index in [9.17, 15) is 4.79 Å². The van der Waals surface area contributed by atoms with Crippen LogP contribution >= 0.6 is 0 Å². The zero-order valence-corrected chi connectivity index (χ0v) is 14.0. The number of carbonyl (C=O) groups excluding carboxylic acids is 1. The monoisotopic (exact) mass is 308 g/mol. The highest BCUT2D eigenvalue weighted by molar-refractivity contribution is 5.98. The molecule has 0 spiro atoms.